The minimum Gasteiger partial charge on any atom is -0.357 e. The Kier molecular flexibility index (Phi) is 7.53. The lowest BCUT2D eigenvalue weighted by atomic mass is 9.88. The van der Waals surface area contributed by atoms with Crippen LogP contribution in [0.5, 0.6) is 0 Å². The number of anilines is 1. The molecule has 1 aromatic carbocycles. The van der Waals surface area contributed by atoms with Gasteiger partial charge in [-0.2, -0.15) is 0 Å². The van der Waals surface area contributed by atoms with Crippen molar-refractivity contribution in [2.75, 3.05) is 31.1 Å². The van der Waals surface area contributed by atoms with Crippen molar-refractivity contribution in [1.29, 1.82) is 0 Å². The van der Waals surface area contributed by atoms with Crippen molar-refractivity contribution in [2.24, 2.45) is 0 Å². The predicted octanol–water partition coefficient (Wildman–Crippen LogP) is 6.65. The first-order valence-electron chi connectivity index (χ1n) is 13.7. The summed E-state index contributed by atoms with van der Waals surface area (Å²) < 4.78 is 1.00. The molecule has 4 heterocycles. The molecule has 3 aliphatic rings. The van der Waals surface area contributed by atoms with Crippen LogP contribution in [0.4, 0.5) is 5.82 Å². The first kappa shape index (κ1) is 25.6. The van der Waals surface area contributed by atoms with E-state index >= 15 is 0 Å². The number of nitrogens with zero attached hydrogens (tertiary/aromatic N) is 4. The van der Waals surface area contributed by atoms with Gasteiger partial charge in [0.15, 0.2) is 0 Å². The number of hydrogen-bond acceptors (Lipinski definition) is 4. The van der Waals surface area contributed by atoms with Gasteiger partial charge in [-0.25, -0.2) is 4.98 Å². The fraction of sp³-hybridized carbons (Fsp3) is 0.387. The van der Waals surface area contributed by atoms with Crippen LogP contribution in [0.15, 0.2) is 58.8 Å². The number of rotatable bonds is 3. The third-order valence-corrected chi connectivity index (χ3v) is 8.76. The van der Waals surface area contributed by atoms with Crippen LogP contribution < -0.4 is 4.90 Å². The monoisotopic (exact) mass is 590 g/mol. The number of likely N-dealkylation sites (tertiary alicyclic amines) is 1. The number of amides is 1. The molecule has 6 rings (SSSR count). The van der Waals surface area contributed by atoms with Crippen molar-refractivity contribution in [3.8, 4) is 0 Å². The van der Waals surface area contributed by atoms with Crippen LogP contribution in [0.2, 0.25) is 5.02 Å². The third-order valence-electron chi connectivity index (χ3n) is 8.09. The molecule has 0 bridgehead atoms. The summed E-state index contributed by atoms with van der Waals surface area (Å²) >= 11 is 9.99. The maximum Gasteiger partial charge on any atom is 0.227 e. The molecule has 3 aromatic rings. The normalized spacial score (nSPS) is 17.6. The second kappa shape index (κ2) is 11.2. The minimum atomic E-state index is 0.195. The van der Waals surface area contributed by atoms with Gasteiger partial charge in [-0.15, -0.1) is 0 Å². The van der Waals surface area contributed by atoms with E-state index in [9.17, 15) is 4.79 Å². The van der Waals surface area contributed by atoms with Crippen molar-refractivity contribution in [1.82, 2.24) is 14.9 Å². The molecule has 0 unspecified atom stereocenters. The molecule has 0 saturated carbocycles. The molecule has 1 amide bonds. The van der Waals surface area contributed by atoms with E-state index in [-0.39, 0.29) is 5.91 Å². The fourth-order valence-electron chi connectivity index (χ4n) is 6.09. The molecule has 5 nitrogen and oxygen atoms in total. The highest BCUT2D eigenvalue weighted by molar-refractivity contribution is 9.10. The third kappa shape index (κ3) is 5.39. The Morgan fingerprint density at radius 2 is 1.68 bits per heavy atom. The van der Waals surface area contributed by atoms with Gasteiger partial charge in [0.25, 0.3) is 0 Å². The molecular weight excluding hydrogens is 560 g/mol. The van der Waals surface area contributed by atoms with Crippen LogP contribution in [0.1, 0.15) is 60.1 Å². The van der Waals surface area contributed by atoms with Crippen molar-refractivity contribution in [2.45, 2.75) is 51.4 Å². The highest BCUT2D eigenvalue weighted by atomic mass is 79.9. The SMILES string of the molecule is O=C(Cc1ccnc(N2CCCCC2)c1)N1CCC(=C2c3ccc(Cl)cc3CCc3cc(Br)cnc32)CC1. The second-order valence-corrected chi connectivity index (χ2v) is 11.9. The lowest BCUT2D eigenvalue weighted by Crippen LogP contribution is -2.37. The Labute approximate surface area is 238 Å². The van der Waals surface area contributed by atoms with Crippen molar-refractivity contribution in [3.63, 3.8) is 0 Å². The number of carbonyl (C=O) groups is 1. The van der Waals surface area contributed by atoms with Gasteiger partial charge in [-0.05, 0) is 113 Å². The van der Waals surface area contributed by atoms with Gasteiger partial charge in [0, 0.05) is 53.6 Å². The van der Waals surface area contributed by atoms with Crippen LogP contribution in [-0.4, -0.2) is 47.0 Å². The molecule has 2 saturated heterocycles. The number of fused-ring (bicyclic) bond motifs is 2. The van der Waals surface area contributed by atoms with Gasteiger partial charge in [-0.3, -0.25) is 9.78 Å². The van der Waals surface area contributed by atoms with E-state index < -0.39 is 0 Å². The number of carbonyl (C=O) groups excluding carboxylic acids is 1. The summed E-state index contributed by atoms with van der Waals surface area (Å²) in [5, 5.41) is 0.771. The Hall–Kier alpha value is -2.70. The standard InChI is InChI=1S/C31H32BrClN4O/c32-25-18-24-5-4-23-19-26(33)6-7-27(23)30(31(24)35-20-25)22-9-14-37(15-10-22)29(38)17-21-8-11-34-28(16-21)36-12-2-1-3-13-36/h6-8,11,16,18-20H,1-5,9-10,12-15,17H2. The number of aromatic nitrogens is 2. The average molecular weight is 592 g/mol. The summed E-state index contributed by atoms with van der Waals surface area (Å²) in [7, 11) is 0. The average Bonchev–Trinajstić information content (AvgIpc) is 3.10. The zero-order valence-corrected chi connectivity index (χ0v) is 23.9. The molecule has 0 spiro atoms. The molecule has 38 heavy (non-hydrogen) atoms. The Bertz CT molecular complexity index is 1330. The number of hydrogen-bond donors (Lipinski definition) is 0. The quantitative estimate of drug-likeness (QED) is 0.342. The molecule has 0 radical (unpaired) electrons. The van der Waals surface area contributed by atoms with E-state index in [4.69, 9.17) is 16.6 Å². The molecule has 0 N–H and O–H groups in total. The highest BCUT2D eigenvalue weighted by Crippen LogP contribution is 2.39. The molecule has 2 aliphatic heterocycles. The number of piperidine rings is 2. The minimum absolute atomic E-state index is 0.195. The summed E-state index contributed by atoms with van der Waals surface area (Å²) in [6.07, 6.45) is 11.5. The van der Waals surface area contributed by atoms with Gasteiger partial charge in [0.2, 0.25) is 5.91 Å². The Morgan fingerprint density at radius 1 is 0.895 bits per heavy atom. The molecule has 7 heteroatoms. The van der Waals surface area contributed by atoms with Crippen LogP contribution in [0.3, 0.4) is 0 Å². The van der Waals surface area contributed by atoms with E-state index in [1.807, 2.05) is 29.4 Å². The smallest absolute Gasteiger partial charge is 0.227 e. The van der Waals surface area contributed by atoms with Crippen molar-refractivity contribution in [3.05, 3.63) is 91.8 Å². The summed E-state index contributed by atoms with van der Waals surface area (Å²) in [5.74, 6) is 1.20. The maximum absolute atomic E-state index is 13.3. The van der Waals surface area contributed by atoms with Crippen molar-refractivity contribution >= 4 is 44.8 Å². The van der Waals surface area contributed by atoms with Crippen LogP contribution in [0.25, 0.3) is 5.57 Å². The van der Waals surface area contributed by atoms with Gasteiger partial charge in [0.05, 0.1) is 12.1 Å². The zero-order valence-electron chi connectivity index (χ0n) is 21.6. The van der Waals surface area contributed by atoms with Gasteiger partial charge >= 0.3 is 0 Å². The second-order valence-electron chi connectivity index (χ2n) is 10.6. The molecule has 2 fully saturated rings. The van der Waals surface area contributed by atoms with Crippen LogP contribution in [0, 0.1) is 0 Å². The summed E-state index contributed by atoms with van der Waals surface area (Å²) in [6.45, 7) is 3.57. The van der Waals surface area contributed by atoms with Crippen molar-refractivity contribution < 1.29 is 4.79 Å². The number of pyridine rings is 2. The lowest BCUT2D eigenvalue weighted by Gasteiger charge is -2.31. The topological polar surface area (TPSA) is 49.3 Å². The predicted molar refractivity (Wildman–Crippen MR) is 157 cm³/mol. The van der Waals surface area contributed by atoms with E-state index in [1.54, 1.807) is 0 Å². The number of aryl methyl sites for hydroxylation is 2. The van der Waals surface area contributed by atoms with Gasteiger partial charge in [0.1, 0.15) is 5.82 Å². The van der Waals surface area contributed by atoms with E-state index in [2.05, 4.69) is 50.1 Å². The molecule has 2 aromatic heterocycles. The highest BCUT2D eigenvalue weighted by Gasteiger charge is 2.27. The van der Waals surface area contributed by atoms with Crippen LogP contribution >= 0.6 is 27.5 Å². The molecule has 0 atom stereocenters. The molecular formula is C31H32BrClN4O. The summed E-state index contributed by atoms with van der Waals surface area (Å²) in [4.78, 5) is 27.1. The van der Waals surface area contributed by atoms with E-state index in [0.29, 0.717) is 6.42 Å². The van der Waals surface area contributed by atoms with Gasteiger partial charge < -0.3 is 9.80 Å². The van der Waals surface area contributed by atoms with E-state index in [0.717, 1.165) is 78.4 Å². The number of halogens is 2. The molecule has 1 aliphatic carbocycles. The van der Waals surface area contributed by atoms with E-state index in [1.165, 1.54) is 47.1 Å². The van der Waals surface area contributed by atoms with Gasteiger partial charge in [-0.1, -0.05) is 23.2 Å². The fourth-order valence-corrected chi connectivity index (χ4v) is 6.67. The molecule has 196 valence electrons. The largest absolute Gasteiger partial charge is 0.357 e. The first-order valence-corrected chi connectivity index (χ1v) is 14.9. The number of benzene rings is 1. The first-order chi connectivity index (χ1) is 18.5. The Morgan fingerprint density at radius 3 is 2.50 bits per heavy atom. The van der Waals surface area contributed by atoms with Crippen LogP contribution in [-0.2, 0) is 24.1 Å². The maximum atomic E-state index is 13.3. The summed E-state index contributed by atoms with van der Waals surface area (Å²) in [6, 6.07) is 12.5. The Balaban J connectivity index is 1.22. The lowest BCUT2D eigenvalue weighted by molar-refractivity contribution is -0.130. The zero-order chi connectivity index (χ0) is 26.1. The summed E-state index contributed by atoms with van der Waals surface area (Å²) in [5.41, 5.74) is 8.51.